The lowest BCUT2D eigenvalue weighted by molar-refractivity contribution is -0.120. The third kappa shape index (κ3) is 16.0. The molecule has 0 unspecified atom stereocenters. The van der Waals surface area contributed by atoms with Gasteiger partial charge in [-0.1, -0.05) is 60.8 Å². The van der Waals surface area contributed by atoms with E-state index in [0.717, 1.165) is 114 Å². The molecule has 2 fully saturated rings. The molecule has 2 aromatic heterocycles. The largest absolute Gasteiger partial charge is 0.385 e. The summed E-state index contributed by atoms with van der Waals surface area (Å²) in [6.45, 7) is 13.9. The number of aryl methyl sites for hydroxylation is 2. The first kappa shape index (κ1) is 48.5. The molecule has 2 saturated heterocycles. The van der Waals surface area contributed by atoms with Crippen LogP contribution in [0.1, 0.15) is 78.8 Å². The van der Waals surface area contributed by atoms with Crippen molar-refractivity contribution < 1.29 is 28.6 Å². The number of anilines is 6. The highest BCUT2D eigenvalue weighted by Gasteiger charge is 2.24. The Kier molecular flexibility index (Phi) is 19.8. The number of amides is 4. The van der Waals surface area contributed by atoms with Crippen molar-refractivity contribution in [3.63, 3.8) is 0 Å². The van der Waals surface area contributed by atoms with Crippen LogP contribution in [0.3, 0.4) is 0 Å². The molecule has 0 aliphatic carbocycles. The van der Waals surface area contributed by atoms with E-state index < -0.39 is 0 Å². The summed E-state index contributed by atoms with van der Waals surface area (Å²) in [6, 6.07) is 14.8. The van der Waals surface area contributed by atoms with Crippen molar-refractivity contribution in [3.8, 4) is 0 Å². The predicted molar refractivity (Wildman–Crippen MR) is 255 cm³/mol. The number of benzene rings is 2. The Morgan fingerprint density at radius 2 is 1.50 bits per heavy atom. The summed E-state index contributed by atoms with van der Waals surface area (Å²) in [7, 11) is 0. The van der Waals surface area contributed by atoms with Gasteiger partial charge in [-0.05, 0) is 82.0 Å². The number of hydrogen-bond donors (Lipinski definition) is 4. The maximum absolute atomic E-state index is 12.9. The number of halogens is 1. The highest BCUT2D eigenvalue weighted by molar-refractivity contribution is 7.17. The Hall–Kier alpha value is -4.91. The highest BCUT2D eigenvalue weighted by Crippen LogP contribution is 2.29. The molecular weight excluding hydrogens is 856 g/mol. The van der Waals surface area contributed by atoms with Crippen molar-refractivity contribution in [1.29, 1.82) is 0 Å². The van der Waals surface area contributed by atoms with Crippen molar-refractivity contribution >= 4 is 74.6 Å². The predicted octanol–water partition coefficient (Wildman–Crippen LogP) is 8.05. The Morgan fingerprint density at radius 1 is 0.812 bits per heavy atom. The first-order valence-electron chi connectivity index (χ1n) is 22.5. The van der Waals surface area contributed by atoms with Crippen LogP contribution in [0.4, 0.5) is 38.6 Å². The Morgan fingerprint density at radius 3 is 2.20 bits per heavy atom. The van der Waals surface area contributed by atoms with Crippen LogP contribution in [0.15, 0.2) is 54.7 Å². The van der Waals surface area contributed by atoms with Gasteiger partial charge in [-0.25, -0.2) is 19.7 Å². The summed E-state index contributed by atoms with van der Waals surface area (Å²) in [5.41, 5.74) is 3.29. The summed E-state index contributed by atoms with van der Waals surface area (Å²) >= 11 is 7.55. The molecule has 0 radical (unpaired) electrons. The van der Waals surface area contributed by atoms with E-state index in [2.05, 4.69) is 41.0 Å². The number of aromatic nitrogens is 3. The maximum atomic E-state index is 12.9. The third-order valence-electron chi connectivity index (χ3n) is 11.0. The van der Waals surface area contributed by atoms with E-state index in [0.29, 0.717) is 71.8 Å². The Balaban J connectivity index is 0.709. The fraction of sp³-hybridized carbons (Fsp3) is 0.522. The lowest BCUT2D eigenvalue weighted by Gasteiger charge is -2.35. The van der Waals surface area contributed by atoms with Crippen molar-refractivity contribution in [2.75, 3.05) is 111 Å². The fourth-order valence-corrected chi connectivity index (χ4v) is 8.40. The third-order valence-corrected chi connectivity index (χ3v) is 12.2. The number of unbranched alkanes of at least 4 members (excludes halogenated alkanes) is 6. The lowest BCUT2D eigenvalue weighted by atomic mass is 10.2. The number of imide groups is 1. The van der Waals surface area contributed by atoms with Crippen molar-refractivity contribution in [1.82, 2.24) is 25.2 Å². The number of para-hydroxylation sites is 1. The van der Waals surface area contributed by atoms with E-state index in [1.54, 1.807) is 17.2 Å². The molecule has 2 aliphatic rings. The number of rotatable bonds is 27. The molecule has 6 rings (SSSR count). The molecule has 0 spiro atoms. The molecule has 0 bridgehead atoms. The van der Waals surface area contributed by atoms with Gasteiger partial charge in [0.25, 0.3) is 5.91 Å². The molecule has 16 nitrogen and oxygen atoms in total. The Bertz CT molecular complexity index is 2060. The molecule has 4 heterocycles. The summed E-state index contributed by atoms with van der Waals surface area (Å²) in [5.74, 6) is 1.71. The van der Waals surface area contributed by atoms with Crippen molar-refractivity contribution in [3.05, 3.63) is 76.0 Å². The van der Waals surface area contributed by atoms with Gasteiger partial charge in [0.1, 0.15) is 22.3 Å². The average molecular weight is 920 g/mol. The van der Waals surface area contributed by atoms with E-state index in [4.69, 9.17) is 30.8 Å². The quantitative estimate of drug-likeness (QED) is 0.0424. The van der Waals surface area contributed by atoms with Crippen LogP contribution in [-0.2, 0) is 19.0 Å². The van der Waals surface area contributed by atoms with Crippen LogP contribution in [0, 0.1) is 13.8 Å². The van der Waals surface area contributed by atoms with Crippen LogP contribution in [0.2, 0.25) is 5.02 Å². The molecule has 0 saturated carbocycles. The maximum Gasteiger partial charge on any atom is 0.328 e. The second-order valence-electron chi connectivity index (χ2n) is 15.9. The average Bonchev–Trinajstić information content (AvgIpc) is 3.76. The molecule has 0 atom stereocenters. The molecule has 4 N–H and O–H groups in total. The number of urea groups is 1. The van der Waals surface area contributed by atoms with E-state index in [1.807, 2.05) is 56.3 Å². The summed E-state index contributed by atoms with van der Waals surface area (Å²) in [6.07, 6.45) is 10.8. The summed E-state index contributed by atoms with van der Waals surface area (Å²) < 4.78 is 17.2. The number of nitrogens with zero attached hydrogens (tertiary/aromatic N) is 6. The minimum absolute atomic E-state index is 0.227. The number of carbonyl (C=O) groups excluding carboxylic acids is 3. The van der Waals surface area contributed by atoms with Gasteiger partial charge in [0.15, 0.2) is 5.13 Å². The standard InChI is InChI=1S/C46H63ClN10O6S/c1-34-12-11-13-38(47)43(34)54-44(59)39-33-49-45(64-39)52-40-32-41(51-35(2)50-40)56-24-22-55(23-25-56)20-8-4-6-10-27-62-29-31-63-30-28-61-26-9-5-3-7-19-48-36-14-16-37(17-15-36)57-21-18-42(58)53-46(57)60/h11-17,32-33,48H,3-10,18-31H2,1-2H3,(H,54,59)(H,53,58,60)(H,49,50,51,52). The number of thiazole rings is 1. The monoisotopic (exact) mass is 918 g/mol. The van der Waals surface area contributed by atoms with Gasteiger partial charge in [-0.15, -0.1) is 0 Å². The first-order valence-corrected chi connectivity index (χ1v) is 23.7. The molecule has 4 aromatic rings. The zero-order valence-electron chi connectivity index (χ0n) is 37.2. The second kappa shape index (κ2) is 26.1. The van der Waals surface area contributed by atoms with E-state index in [-0.39, 0.29) is 17.8 Å². The van der Waals surface area contributed by atoms with E-state index in [9.17, 15) is 14.4 Å². The molecule has 64 heavy (non-hydrogen) atoms. The zero-order chi connectivity index (χ0) is 44.9. The van der Waals surface area contributed by atoms with Crippen molar-refractivity contribution in [2.24, 2.45) is 0 Å². The minimum atomic E-state index is -0.366. The van der Waals surface area contributed by atoms with Crippen LogP contribution >= 0.6 is 22.9 Å². The van der Waals surface area contributed by atoms with Gasteiger partial charge in [-0.2, -0.15) is 0 Å². The van der Waals surface area contributed by atoms with Gasteiger partial charge in [0, 0.05) is 76.3 Å². The van der Waals surface area contributed by atoms with Gasteiger partial charge in [0.2, 0.25) is 5.91 Å². The number of nitrogens with one attached hydrogen (secondary N) is 4. The number of carbonyl (C=O) groups is 3. The van der Waals surface area contributed by atoms with Gasteiger partial charge in [-0.3, -0.25) is 24.7 Å². The second-order valence-corrected chi connectivity index (χ2v) is 17.4. The molecule has 4 amide bonds. The molecular formula is C46H63ClN10O6S. The normalized spacial score (nSPS) is 14.5. The molecule has 18 heteroatoms. The highest BCUT2D eigenvalue weighted by atomic mass is 35.5. The first-order chi connectivity index (χ1) is 31.2. The number of ether oxygens (including phenoxy) is 3. The number of piperazine rings is 1. The van der Waals surface area contributed by atoms with E-state index >= 15 is 0 Å². The molecule has 2 aromatic carbocycles. The smallest absolute Gasteiger partial charge is 0.328 e. The number of hydrogen-bond acceptors (Lipinski definition) is 14. The van der Waals surface area contributed by atoms with Crippen LogP contribution in [0.25, 0.3) is 0 Å². The minimum Gasteiger partial charge on any atom is -0.385 e. The fourth-order valence-electron chi connectivity index (χ4n) is 7.41. The van der Waals surface area contributed by atoms with E-state index in [1.165, 1.54) is 24.2 Å². The molecule has 2 aliphatic heterocycles. The SMILES string of the molecule is Cc1nc(Nc2ncc(C(=O)Nc3c(C)cccc3Cl)s2)cc(N2CCN(CCCCCCOCCOCCOCCCCCCNc3ccc(N4CCC(=O)NC4=O)cc3)CC2)n1. The lowest BCUT2D eigenvalue weighted by Crippen LogP contribution is -2.49. The Labute approximate surface area is 385 Å². The van der Waals surface area contributed by atoms with Gasteiger partial charge >= 0.3 is 6.03 Å². The topological polar surface area (TPSA) is 175 Å². The van der Waals surface area contributed by atoms with Crippen LogP contribution < -0.4 is 31.1 Å². The van der Waals surface area contributed by atoms with Gasteiger partial charge < -0.3 is 35.1 Å². The van der Waals surface area contributed by atoms with Crippen LogP contribution in [0.5, 0.6) is 0 Å². The van der Waals surface area contributed by atoms with Gasteiger partial charge in [0.05, 0.1) is 43.3 Å². The summed E-state index contributed by atoms with van der Waals surface area (Å²) in [5, 5.41) is 13.0. The van der Waals surface area contributed by atoms with Crippen LogP contribution in [-0.4, -0.2) is 123 Å². The summed E-state index contributed by atoms with van der Waals surface area (Å²) in [4.78, 5) is 56.9. The zero-order valence-corrected chi connectivity index (χ0v) is 38.7. The van der Waals surface area contributed by atoms with Crippen molar-refractivity contribution in [2.45, 2.75) is 71.6 Å². The molecule has 346 valence electrons.